The number of rotatable bonds is 8. The molecule has 0 spiro atoms. The van der Waals surface area contributed by atoms with Crippen LogP contribution in [-0.4, -0.2) is 32.5 Å². The molecule has 8 heteroatoms. The smallest absolute Gasteiger partial charge is 0.280 e. The molecule has 4 heterocycles. The first-order valence-electron chi connectivity index (χ1n) is 15.8. The van der Waals surface area contributed by atoms with Crippen molar-refractivity contribution in [1.29, 1.82) is 5.26 Å². The first kappa shape index (κ1) is 28.2. The maximum absolute atomic E-state index is 14.2. The minimum atomic E-state index is -0.0796. The summed E-state index contributed by atoms with van der Waals surface area (Å²) in [5, 5.41) is 10.7. The molecule has 1 saturated heterocycles. The number of pyridine rings is 2. The summed E-state index contributed by atoms with van der Waals surface area (Å²) in [6.07, 6.45) is 13.5. The van der Waals surface area contributed by atoms with Crippen LogP contribution >= 0.6 is 0 Å². The van der Waals surface area contributed by atoms with E-state index in [9.17, 15) is 10.1 Å². The normalized spacial score (nSPS) is 18.1. The Kier molecular flexibility index (Phi) is 7.35. The molecule has 3 aliphatic rings. The molecule has 44 heavy (non-hydrogen) atoms. The number of likely N-dealkylation sites (tertiary alicyclic amines) is 1. The van der Waals surface area contributed by atoms with Gasteiger partial charge in [0.05, 0.1) is 11.6 Å². The average molecular weight is 586 g/mol. The molecule has 0 amide bonds. The summed E-state index contributed by atoms with van der Waals surface area (Å²) in [7, 11) is 0. The monoisotopic (exact) mass is 585 g/mol. The molecule has 224 valence electrons. The van der Waals surface area contributed by atoms with E-state index in [1.807, 2.05) is 37.4 Å². The van der Waals surface area contributed by atoms with Crippen molar-refractivity contribution in [3.8, 4) is 23.0 Å². The molecular weight excluding hydrogens is 546 g/mol. The Morgan fingerprint density at radius 1 is 1.09 bits per heavy atom. The second-order valence-electron chi connectivity index (χ2n) is 12.7. The van der Waals surface area contributed by atoms with Crippen LogP contribution in [0.4, 0.5) is 0 Å². The van der Waals surface area contributed by atoms with Crippen LogP contribution < -0.4 is 17.0 Å². The molecule has 0 unspecified atom stereocenters. The lowest BCUT2D eigenvalue weighted by Crippen LogP contribution is -2.29. The molecule has 0 radical (unpaired) electrons. The van der Waals surface area contributed by atoms with Crippen molar-refractivity contribution in [2.24, 2.45) is 11.5 Å². The van der Waals surface area contributed by atoms with Crippen LogP contribution in [0, 0.1) is 11.3 Å². The first-order valence-corrected chi connectivity index (χ1v) is 15.8. The van der Waals surface area contributed by atoms with Crippen LogP contribution in [0.5, 0.6) is 0 Å². The van der Waals surface area contributed by atoms with Crippen LogP contribution in [-0.2, 0) is 6.54 Å². The van der Waals surface area contributed by atoms with E-state index < -0.39 is 0 Å². The number of nitrogens with two attached hydrogens (primary N) is 2. The van der Waals surface area contributed by atoms with Crippen LogP contribution in [0.25, 0.3) is 33.5 Å². The molecule has 7 rings (SSSR count). The summed E-state index contributed by atoms with van der Waals surface area (Å²) in [4.78, 5) is 25.3. The molecule has 2 aliphatic carbocycles. The standard InChI is InChI=1S/C36H39N7O/c1-22(11-12-37)34(39)29-15-23(19-38)5-10-28(29)26-16-32(25-8-9-25)41-33(17-26)43-21-31(24-6-7-24)30-18-27(40-35(30)36(43)44)20-42-13-3-2-4-14-42/h5,10-12,15-18,21,24-25,40H,2-4,6-9,13-14,20,37,39H2,1H3/b12-11-,34-22-. The van der Waals surface area contributed by atoms with E-state index >= 15 is 0 Å². The highest BCUT2D eigenvalue weighted by molar-refractivity contribution is 5.85. The molecule has 0 atom stereocenters. The molecule has 3 aromatic heterocycles. The quantitative estimate of drug-likeness (QED) is 0.213. The van der Waals surface area contributed by atoms with Crippen molar-refractivity contribution in [2.75, 3.05) is 13.1 Å². The Balaban J connectivity index is 1.38. The van der Waals surface area contributed by atoms with Crippen LogP contribution in [0.1, 0.15) is 91.8 Å². The number of aromatic nitrogens is 3. The van der Waals surface area contributed by atoms with Gasteiger partial charge in [-0.3, -0.25) is 14.3 Å². The number of allylic oxidation sites excluding steroid dienone is 2. The zero-order valence-electron chi connectivity index (χ0n) is 25.3. The predicted molar refractivity (Wildman–Crippen MR) is 175 cm³/mol. The van der Waals surface area contributed by atoms with E-state index in [-0.39, 0.29) is 5.56 Å². The summed E-state index contributed by atoms with van der Waals surface area (Å²) in [6.45, 7) is 4.95. The number of nitrogens with one attached hydrogen (secondary N) is 1. The van der Waals surface area contributed by atoms with Gasteiger partial charge < -0.3 is 16.5 Å². The minimum Gasteiger partial charge on any atom is -0.405 e. The van der Waals surface area contributed by atoms with Gasteiger partial charge in [-0.15, -0.1) is 0 Å². The van der Waals surface area contributed by atoms with Gasteiger partial charge >= 0.3 is 0 Å². The van der Waals surface area contributed by atoms with Crippen LogP contribution in [0.2, 0.25) is 0 Å². The van der Waals surface area contributed by atoms with Crippen molar-refractivity contribution < 1.29 is 0 Å². The van der Waals surface area contributed by atoms with E-state index in [0.717, 1.165) is 84.4 Å². The number of aromatic amines is 1. The fourth-order valence-electron chi connectivity index (χ4n) is 6.57. The van der Waals surface area contributed by atoms with Gasteiger partial charge in [0.1, 0.15) is 11.3 Å². The van der Waals surface area contributed by atoms with Gasteiger partial charge in [-0.25, -0.2) is 4.98 Å². The van der Waals surface area contributed by atoms with Gasteiger partial charge in [0.15, 0.2) is 0 Å². The molecular formula is C36H39N7O. The van der Waals surface area contributed by atoms with Gasteiger partial charge in [-0.2, -0.15) is 5.26 Å². The van der Waals surface area contributed by atoms with E-state index in [1.54, 1.807) is 10.6 Å². The predicted octanol–water partition coefficient (Wildman–Crippen LogP) is 6.16. The number of nitriles is 1. The number of H-pyrrole nitrogens is 1. The third kappa shape index (κ3) is 5.44. The Morgan fingerprint density at radius 2 is 1.86 bits per heavy atom. The molecule has 5 N–H and O–H groups in total. The molecule has 1 aliphatic heterocycles. The van der Waals surface area contributed by atoms with Gasteiger partial charge in [-0.1, -0.05) is 12.5 Å². The highest BCUT2D eigenvalue weighted by atomic mass is 16.1. The fraction of sp³-hybridized carbons (Fsp3) is 0.361. The topological polar surface area (TPSA) is 130 Å². The van der Waals surface area contributed by atoms with Gasteiger partial charge in [0.25, 0.3) is 5.56 Å². The zero-order valence-corrected chi connectivity index (χ0v) is 25.3. The minimum absolute atomic E-state index is 0.0796. The van der Waals surface area contributed by atoms with E-state index in [2.05, 4.69) is 28.1 Å². The SMILES string of the molecule is CC(/C=C\N)=C(/N)c1cc(C#N)ccc1-c1cc(C2CC2)nc(-n2cc(C3CC3)c3cc(CN4CCCCC4)[nH]c3c2=O)c1. The number of hydrogen-bond donors (Lipinski definition) is 3. The highest BCUT2D eigenvalue weighted by Crippen LogP contribution is 2.44. The number of fused-ring (bicyclic) bond motifs is 1. The second kappa shape index (κ2) is 11.5. The fourth-order valence-corrected chi connectivity index (χ4v) is 6.57. The molecule has 3 fully saturated rings. The van der Waals surface area contributed by atoms with Crippen molar-refractivity contribution in [3.05, 3.63) is 98.9 Å². The van der Waals surface area contributed by atoms with Crippen molar-refractivity contribution in [3.63, 3.8) is 0 Å². The van der Waals surface area contributed by atoms with E-state index in [0.29, 0.717) is 34.4 Å². The summed E-state index contributed by atoms with van der Waals surface area (Å²) in [6, 6.07) is 14.1. The molecule has 2 saturated carbocycles. The lowest BCUT2D eigenvalue weighted by molar-refractivity contribution is 0.219. The summed E-state index contributed by atoms with van der Waals surface area (Å²) in [5.41, 5.74) is 20.6. The van der Waals surface area contributed by atoms with E-state index in [1.165, 1.54) is 31.0 Å². The van der Waals surface area contributed by atoms with Crippen LogP contribution in [0.15, 0.2) is 65.2 Å². The lowest BCUT2D eigenvalue weighted by atomic mass is 9.93. The third-order valence-electron chi connectivity index (χ3n) is 9.34. The Morgan fingerprint density at radius 3 is 2.57 bits per heavy atom. The van der Waals surface area contributed by atoms with Crippen LogP contribution in [0.3, 0.4) is 0 Å². The number of piperidine rings is 1. The Bertz CT molecular complexity index is 1910. The number of hydrogen-bond acceptors (Lipinski definition) is 6. The van der Waals surface area contributed by atoms with Gasteiger partial charge in [-0.05, 0) is 129 Å². The van der Waals surface area contributed by atoms with Crippen molar-refractivity contribution in [2.45, 2.75) is 70.3 Å². The first-order chi connectivity index (χ1) is 21.4. The molecule has 8 nitrogen and oxygen atoms in total. The Labute approximate surface area is 257 Å². The number of nitrogens with zero attached hydrogens (tertiary/aromatic N) is 4. The lowest BCUT2D eigenvalue weighted by Gasteiger charge is -2.25. The molecule has 0 bridgehead atoms. The largest absolute Gasteiger partial charge is 0.405 e. The summed E-state index contributed by atoms with van der Waals surface area (Å²) >= 11 is 0. The van der Waals surface area contributed by atoms with E-state index in [4.69, 9.17) is 16.5 Å². The molecule has 4 aromatic rings. The Hall–Kier alpha value is -4.61. The van der Waals surface area contributed by atoms with Gasteiger partial charge in [0, 0.05) is 46.7 Å². The van der Waals surface area contributed by atoms with Crippen molar-refractivity contribution >= 4 is 16.6 Å². The number of benzene rings is 1. The summed E-state index contributed by atoms with van der Waals surface area (Å²) < 4.78 is 1.75. The maximum Gasteiger partial charge on any atom is 0.280 e. The molecule has 1 aromatic carbocycles. The zero-order chi connectivity index (χ0) is 30.4. The average Bonchev–Trinajstić information content (AvgIpc) is 3.99. The maximum atomic E-state index is 14.2. The van der Waals surface area contributed by atoms with Crippen molar-refractivity contribution in [1.82, 2.24) is 19.4 Å². The summed E-state index contributed by atoms with van der Waals surface area (Å²) in [5.74, 6) is 1.44. The second-order valence-corrected chi connectivity index (χ2v) is 12.7. The third-order valence-corrected chi connectivity index (χ3v) is 9.34. The highest BCUT2D eigenvalue weighted by Gasteiger charge is 2.30. The van der Waals surface area contributed by atoms with Gasteiger partial charge in [0.2, 0.25) is 0 Å².